The van der Waals surface area contributed by atoms with E-state index >= 15 is 0 Å². The molecule has 0 saturated heterocycles. The van der Waals surface area contributed by atoms with E-state index in [-0.39, 0.29) is 31.3 Å². The molecule has 0 aliphatic carbocycles. The number of hydrogen-bond donors (Lipinski definition) is 2. The van der Waals surface area contributed by atoms with E-state index in [4.69, 9.17) is 39.5 Å². The predicted octanol–water partition coefficient (Wildman–Crippen LogP) is 5.57. The van der Waals surface area contributed by atoms with Crippen molar-refractivity contribution < 1.29 is 21.6 Å². The second kappa shape index (κ2) is 9.36. The van der Waals surface area contributed by atoms with Crippen molar-refractivity contribution in [3.8, 4) is 5.75 Å². The van der Waals surface area contributed by atoms with E-state index in [1.807, 2.05) is 0 Å². The Morgan fingerprint density at radius 1 is 0.750 bits per heavy atom. The topological polar surface area (TPSA) is 102 Å². The highest BCUT2D eigenvalue weighted by Crippen LogP contribution is 2.37. The first-order valence-corrected chi connectivity index (χ1v) is 13.0. The number of methoxy groups -OCH3 is 1. The summed E-state index contributed by atoms with van der Waals surface area (Å²) >= 11 is 18.1. The Balaban J connectivity index is 1.82. The zero-order valence-corrected chi connectivity index (χ0v) is 20.6. The molecule has 0 fully saturated rings. The number of ether oxygens (including phenoxy) is 1. The molecule has 0 heterocycles. The lowest BCUT2D eigenvalue weighted by Crippen LogP contribution is -2.15. The van der Waals surface area contributed by atoms with Crippen LogP contribution in [0.25, 0.3) is 0 Å². The van der Waals surface area contributed by atoms with Crippen LogP contribution in [-0.4, -0.2) is 23.9 Å². The van der Waals surface area contributed by atoms with Gasteiger partial charge in [-0.2, -0.15) is 0 Å². The lowest BCUT2D eigenvalue weighted by atomic mass is 10.2. The van der Waals surface area contributed by atoms with Gasteiger partial charge in [0, 0.05) is 10.7 Å². The number of aryl methyl sites for hydroxylation is 1. The molecular weight excluding hydrogens is 519 g/mol. The molecule has 0 spiro atoms. The maximum Gasteiger partial charge on any atom is 0.263 e. The van der Waals surface area contributed by atoms with E-state index in [0.29, 0.717) is 10.7 Å². The molecule has 0 saturated carbocycles. The molecule has 0 aromatic heterocycles. The van der Waals surface area contributed by atoms with Crippen LogP contribution in [0.15, 0.2) is 64.4 Å². The Kier molecular flexibility index (Phi) is 7.16. The highest BCUT2D eigenvalue weighted by Gasteiger charge is 2.22. The molecule has 0 amide bonds. The van der Waals surface area contributed by atoms with Crippen LogP contribution in [0.4, 0.5) is 11.4 Å². The maximum atomic E-state index is 12.7. The van der Waals surface area contributed by atoms with Gasteiger partial charge in [0.2, 0.25) is 0 Å². The lowest BCUT2D eigenvalue weighted by molar-refractivity contribution is 0.414. The number of hydrogen-bond acceptors (Lipinski definition) is 5. The first kappa shape index (κ1) is 24.5. The molecule has 3 aromatic rings. The van der Waals surface area contributed by atoms with Gasteiger partial charge in [0.05, 0.1) is 22.7 Å². The first-order valence-electron chi connectivity index (χ1n) is 8.88. The molecule has 3 rings (SSSR count). The zero-order valence-electron chi connectivity index (χ0n) is 16.7. The largest absolute Gasteiger partial charge is 0.495 e. The molecule has 12 heteroatoms. The maximum absolute atomic E-state index is 12.7. The molecule has 32 heavy (non-hydrogen) atoms. The van der Waals surface area contributed by atoms with E-state index in [2.05, 4.69) is 9.44 Å². The molecule has 0 unspecified atom stereocenters. The van der Waals surface area contributed by atoms with Crippen LogP contribution >= 0.6 is 34.8 Å². The van der Waals surface area contributed by atoms with E-state index < -0.39 is 20.0 Å². The number of nitrogens with one attached hydrogen (secondary N) is 2. The fourth-order valence-corrected chi connectivity index (χ4v) is 5.79. The van der Waals surface area contributed by atoms with Crippen LogP contribution in [0.2, 0.25) is 15.1 Å². The minimum absolute atomic E-state index is 0.0410. The minimum Gasteiger partial charge on any atom is -0.495 e. The van der Waals surface area contributed by atoms with Gasteiger partial charge in [0.25, 0.3) is 20.0 Å². The van der Waals surface area contributed by atoms with Gasteiger partial charge in [-0.25, -0.2) is 16.8 Å². The molecule has 170 valence electrons. The van der Waals surface area contributed by atoms with Crippen molar-refractivity contribution in [2.24, 2.45) is 0 Å². The van der Waals surface area contributed by atoms with Crippen molar-refractivity contribution in [2.75, 3.05) is 16.6 Å². The monoisotopic (exact) mass is 534 g/mol. The summed E-state index contributed by atoms with van der Waals surface area (Å²) in [6.07, 6.45) is 0. The zero-order chi connectivity index (χ0) is 23.7. The smallest absolute Gasteiger partial charge is 0.263 e. The molecule has 3 aromatic carbocycles. The highest BCUT2D eigenvalue weighted by molar-refractivity contribution is 7.93. The van der Waals surface area contributed by atoms with E-state index in [1.54, 1.807) is 19.1 Å². The van der Waals surface area contributed by atoms with Crippen LogP contribution in [0.5, 0.6) is 5.75 Å². The van der Waals surface area contributed by atoms with Gasteiger partial charge in [-0.05, 0) is 61.0 Å². The van der Waals surface area contributed by atoms with E-state index in [9.17, 15) is 16.8 Å². The summed E-state index contributed by atoms with van der Waals surface area (Å²) in [5, 5.41) is 0.187. The third kappa shape index (κ3) is 5.24. The van der Waals surface area contributed by atoms with E-state index in [1.165, 1.54) is 49.6 Å². The standard InChI is InChI=1S/C20H17Cl3N2O5S2/c1-12-3-4-14(11-16(12)21)25-31(26,27)15-7-5-13(6-8-15)24-32(28,29)18-10-9-17(30-2)19(22)20(18)23/h3-11,24-25H,1-2H3. The van der Waals surface area contributed by atoms with Crippen molar-refractivity contribution >= 4 is 66.2 Å². The van der Waals surface area contributed by atoms with Crippen LogP contribution in [0.1, 0.15) is 5.56 Å². The summed E-state index contributed by atoms with van der Waals surface area (Å²) in [6, 6.07) is 12.6. The normalized spacial score (nSPS) is 11.8. The second-order valence-electron chi connectivity index (χ2n) is 6.59. The number of benzene rings is 3. The fourth-order valence-electron chi connectivity index (χ4n) is 2.66. The molecule has 2 N–H and O–H groups in total. The van der Waals surface area contributed by atoms with Crippen LogP contribution in [0, 0.1) is 6.92 Å². The Hall–Kier alpha value is -2.17. The second-order valence-corrected chi connectivity index (χ2v) is 11.1. The molecule has 0 aliphatic heterocycles. The summed E-state index contributed by atoms with van der Waals surface area (Å²) in [6.45, 7) is 1.80. The number of sulfonamides is 2. The van der Waals surface area contributed by atoms with Crippen molar-refractivity contribution in [3.63, 3.8) is 0 Å². The summed E-state index contributed by atoms with van der Waals surface area (Å²) in [5.41, 5.74) is 1.24. The number of rotatable bonds is 7. The van der Waals surface area contributed by atoms with Gasteiger partial charge in [0.1, 0.15) is 15.7 Å². The number of halogens is 3. The van der Waals surface area contributed by atoms with Gasteiger partial charge in [-0.1, -0.05) is 40.9 Å². The Morgan fingerprint density at radius 2 is 1.34 bits per heavy atom. The predicted molar refractivity (Wildman–Crippen MR) is 127 cm³/mol. The summed E-state index contributed by atoms with van der Waals surface area (Å²) in [7, 11) is -6.64. The van der Waals surface area contributed by atoms with Crippen molar-refractivity contribution in [1.29, 1.82) is 0 Å². The fraction of sp³-hybridized carbons (Fsp3) is 0.100. The van der Waals surface area contributed by atoms with Crippen LogP contribution in [-0.2, 0) is 20.0 Å². The summed E-state index contributed by atoms with van der Waals surface area (Å²) < 4.78 is 60.5. The third-order valence-corrected chi connectivity index (χ3v) is 8.57. The average Bonchev–Trinajstić information content (AvgIpc) is 2.72. The Morgan fingerprint density at radius 3 is 1.94 bits per heavy atom. The van der Waals surface area contributed by atoms with Gasteiger partial charge >= 0.3 is 0 Å². The van der Waals surface area contributed by atoms with Gasteiger partial charge in [-0.3, -0.25) is 9.44 Å². The molecule has 0 radical (unpaired) electrons. The molecule has 0 aliphatic rings. The minimum atomic E-state index is -4.10. The third-order valence-electron chi connectivity index (χ3n) is 4.36. The SMILES string of the molecule is COc1ccc(S(=O)(=O)Nc2ccc(S(=O)(=O)Nc3ccc(C)c(Cl)c3)cc2)c(Cl)c1Cl. The Labute approximate surface area is 201 Å². The summed E-state index contributed by atoms with van der Waals surface area (Å²) in [4.78, 5) is -0.317. The van der Waals surface area contributed by atoms with Crippen molar-refractivity contribution in [2.45, 2.75) is 16.7 Å². The summed E-state index contributed by atoms with van der Waals surface area (Å²) in [5.74, 6) is 0.229. The van der Waals surface area contributed by atoms with Crippen molar-refractivity contribution in [3.05, 3.63) is 75.2 Å². The molecule has 0 bridgehead atoms. The average molecular weight is 536 g/mol. The first-order chi connectivity index (χ1) is 14.9. The molecule has 7 nitrogen and oxygen atoms in total. The van der Waals surface area contributed by atoms with Crippen molar-refractivity contribution in [1.82, 2.24) is 0 Å². The van der Waals surface area contributed by atoms with Gasteiger partial charge in [0.15, 0.2) is 0 Å². The number of anilines is 2. The molecule has 0 atom stereocenters. The highest BCUT2D eigenvalue weighted by atomic mass is 35.5. The quantitative estimate of drug-likeness (QED) is 0.412. The van der Waals surface area contributed by atoms with E-state index in [0.717, 1.165) is 5.56 Å². The van der Waals surface area contributed by atoms with Gasteiger partial charge in [-0.15, -0.1) is 0 Å². The van der Waals surface area contributed by atoms with Crippen LogP contribution in [0.3, 0.4) is 0 Å². The molecular formula is C20H17Cl3N2O5S2. The van der Waals surface area contributed by atoms with Gasteiger partial charge < -0.3 is 4.74 Å². The lowest BCUT2D eigenvalue weighted by Gasteiger charge is -2.13. The van der Waals surface area contributed by atoms with Crippen LogP contribution < -0.4 is 14.2 Å². The Bertz CT molecular complexity index is 1380.